The van der Waals surface area contributed by atoms with Gasteiger partial charge >= 0.3 is 0 Å². The number of rotatable bonds is 1. The van der Waals surface area contributed by atoms with Crippen LogP contribution < -0.4 is 0 Å². The minimum absolute atomic E-state index is 0.438. The molecule has 0 amide bonds. The monoisotopic (exact) mass is 202 g/mol. The Morgan fingerprint density at radius 3 is 2.86 bits per heavy atom. The Bertz CT molecular complexity index is 505. The predicted molar refractivity (Wildman–Crippen MR) is 58.4 cm³/mol. The molecule has 0 aliphatic rings. The molecule has 70 valence electrons. The maximum atomic E-state index is 8.99. The average Bonchev–Trinajstić information content (AvgIpc) is 2.63. The first kappa shape index (κ1) is 9.17. The number of nitrogens with zero attached hydrogens (tertiary/aromatic N) is 2. The molecule has 0 unspecified atom stereocenters. The van der Waals surface area contributed by atoms with Crippen LogP contribution in [-0.4, -0.2) is 4.98 Å². The van der Waals surface area contributed by atoms with Gasteiger partial charge in [-0.05, 0) is 23.6 Å². The van der Waals surface area contributed by atoms with E-state index in [0.29, 0.717) is 5.92 Å². The molecule has 0 aliphatic carbocycles. The molecule has 14 heavy (non-hydrogen) atoms. The normalized spacial score (nSPS) is 10.7. The highest BCUT2D eigenvalue weighted by molar-refractivity contribution is 7.17. The molecule has 0 aliphatic heterocycles. The van der Waals surface area contributed by atoms with Gasteiger partial charge in [-0.2, -0.15) is 5.26 Å². The molecule has 0 N–H and O–H groups in total. The van der Waals surface area contributed by atoms with E-state index in [1.807, 2.05) is 6.07 Å². The zero-order valence-electron chi connectivity index (χ0n) is 8.11. The third-order valence-corrected chi connectivity index (χ3v) is 3.12. The zero-order valence-corrected chi connectivity index (χ0v) is 8.93. The standard InChI is InChI=1S/C11H10N2S/c1-7(2)8-3-9(5-12)11-10(4-8)13-6-14-11/h3-4,6-7H,1-2H3. The van der Waals surface area contributed by atoms with Gasteiger partial charge in [-0.15, -0.1) is 11.3 Å². The summed E-state index contributed by atoms with van der Waals surface area (Å²) in [7, 11) is 0. The van der Waals surface area contributed by atoms with E-state index in [2.05, 4.69) is 31.0 Å². The smallest absolute Gasteiger partial charge is 0.101 e. The summed E-state index contributed by atoms with van der Waals surface area (Å²) < 4.78 is 0.997. The van der Waals surface area contributed by atoms with Crippen molar-refractivity contribution in [1.29, 1.82) is 5.26 Å². The largest absolute Gasteiger partial charge is 0.245 e. The van der Waals surface area contributed by atoms with Gasteiger partial charge in [0.25, 0.3) is 0 Å². The molecule has 1 heterocycles. The van der Waals surface area contributed by atoms with Crippen LogP contribution >= 0.6 is 11.3 Å². The van der Waals surface area contributed by atoms with Gasteiger partial charge < -0.3 is 0 Å². The van der Waals surface area contributed by atoms with E-state index in [-0.39, 0.29) is 0 Å². The molecular weight excluding hydrogens is 192 g/mol. The van der Waals surface area contributed by atoms with E-state index in [9.17, 15) is 0 Å². The highest BCUT2D eigenvalue weighted by Gasteiger charge is 2.08. The molecule has 0 radical (unpaired) electrons. The van der Waals surface area contributed by atoms with E-state index in [1.54, 1.807) is 5.51 Å². The second-order valence-electron chi connectivity index (χ2n) is 3.54. The van der Waals surface area contributed by atoms with Crippen LogP contribution in [0.3, 0.4) is 0 Å². The summed E-state index contributed by atoms with van der Waals surface area (Å²) in [5.74, 6) is 0.438. The second kappa shape index (κ2) is 3.39. The minimum atomic E-state index is 0.438. The summed E-state index contributed by atoms with van der Waals surface area (Å²) in [6, 6.07) is 6.25. The topological polar surface area (TPSA) is 36.7 Å². The third kappa shape index (κ3) is 1.38. The molecule has 0 bridgehead atoms. The van der Waals surface area contributed by atoms with Crippen LogP contribution in [0.5, 0.6) is 0 Å². The first-order valence-corrected chi connectivity index (χ1v) is 5.37. The van der Waals surface area contributed by atoms with Gasteiger partial charge in [0.2, 0.25) is 0 Å². The van der Waals surface area contributed by atoms with Crippen molar-refractivity contribution in [2.24, 2.45) is 0 Å². The lowest BCUT2D eigenvalue weighted by atomic mass is 10.0. The first-order chi connectivity index (χ1) is 6.72. The SMILES string of the molecule is CC(C)c1cc(C#N)c2scnc2c1. The van der Waals surface area contributed by atoms with Crippen LogP contribution in [0.4, 0.5) is 0 Å². The molecule has 1 aromatic carbocycles. The van der Waals surface area contributed by atoms with E-state index < -0.39 is 0 Å². The van der Waals surface area contributed by atoms with Crippen LogP contribution in [0.25, 0.3) is 10.2 Å². The number of aromatic nitrogens is 1. The highest BCUT2D eigenvalue weighted by atomic mass is 32.1. The third-order valence-electron chi connectivity index (χ3n) is 2.24. The molecular formula is C11H10N2S. The van der Waals surface area contributed by atoms with Crippen molar-refractivity contribution in [2.75, 3.05) is 0 Å². The van der Waals surface area contributed by atoms with Crippen molar-refractivity contribution in [3.63, 3.8) is 0 Å². The molecule has 2 aromatic rings. The number of hydrogen-bond donors (Lipinski definition) is 0. The fourth-order valence-corrected chi connectivity index (χ4v) is 2.14. The van der Waals surface area contributed by atoms with Crippen molar-refractivity contribution >= 4 is 21.6 Å². The van der Waals surface area contributed by atoms with Gasteiger partial charge in [0.05, 0.1) is 21.3 Å². The van der Waals surface area contributed by atoms with Crippen LogP contribution in [0.15, 0.2) is 17.6 Å². The van der Waals surface area contributed by atoms with Gasteiger partial charge in [-0.25, -0.2) is 4.98 Å². The lowest BCUT2D eigenvalue weighted by molar-refractivity contribution is 0.868. The maximum Gasteiger partial charge on any atom is 0.101 e. The number of nitriles is 1. The second-order valence-corrected chi connectivity index (χ2v) is 4.39. The number of benzene rings is 1. The first-order valence-electron chi connectivity index (χ1n) is 4.49. The van der Waals surface area contributed by atoms with Crippen LogP contribution in [0.2, 0.25) is 0 Å². The van der Waals surface area contributed by atoms with E-state index in [1.165, 1.54) is 16.9 Å². The van der Waals surface area contributed by atoms with Gasteiger partial charge in [-0.3, -0.25) is 0 Å². The Morgan fingerprint density at radius 2 is 2.21 bits per heavy atom. The van der Waals surface area contributed by atoms with E-state index in [0.717, 1.165) is 15.8 Å². The Hall–Kier alpha value is -1.40. The molecule has 3 heteroatoms. The van der Waals surface area contributed by atoms with Crippen molar-refractivity contribution in [3.8, 4) is 6.07 Å². The summed E-state index contributed by atoms with van der Waals surface area (Å²) >= 11 is 1.53. The Balaban J connectivity index is 2.75. The van der Waals surface area contributed by atoms with Crippen LogP contribution in [0, 0.1) is 11.3 Å². The van der Waals surface area contributed by atoms with Crippen LogP contribution in [0.1, 0.15) is 30.9 Å². The van der Waals surface area contributed by atoms with Crippen molar-refractivity contribution in [1.82, 2.24) is 4.98 Å². The van der Waals surface area contributed by atoms with Crippen LogP contribution in [-0.2, 0) is 0 Å². The summed E-state index contributed by atoms with van der Waals surface area (Å²) in [5.41, 5.74) is 4.65. The lowest BCUT2D eigenvalue weighted by Gasteiger charge is -2.05. The molecule has 0 atom stereocenters. The number of hydrogen-bond acceptors (Lipinski definition) is 3. The van der Waals surface area contributed by atoms with Gasteiger partial charge in [0.1, 0.15) is 6.07 Å². The zero-order chi connectivity index (χ0) is 10.1. The molecule has 0 fully saturated rings. The minimum Gasteiger partial charge on any atom is -0.245 e. The Kier molecular flexibility index (Phi) is 2.22. The van der Waals surface area contributed by atoms with Gasteiger partial charge in [-0.1, -0.05) is 13.8 Å². The molecule has 2 rings (SSSR count). The maximum absolute atomic E-state index is 8.99. The van der Waals surface area contributed by atoms with Gasteiger partial charge in [0.15, 0.2) is 0 Å². The van der Waals surface area contributed by atoms with Crippen molar-refractivity contribution in [2.45, 2.75) is 19.8 Å². The summed E-state index contributed by atoms with van der Waals surface area (Å²) in [5, 5.41) is 8.99. The van der Waals surface area contributed by atoms with Crippen molar-refractivity contribution < 1.29 is 0 Å². The summed E-state index contributed by atoms with van der Waals surface area (Å²) in [6.07, 6.45) is 0. The quantitative estimate of drug-likeness (QED) is 0.711. The highest BCUT2D eigenvalue weighted by Crippen LogP contribution is 2.26. The average molecular weight is 202 g/mol. The Morgan fingerprint density at radius 1 is 1.43 bits per heavy atom. The molecule has 2 nitrogen and oxygen atoms in total. The Labute approximate surface area is 86.8 Å². The van der Waals surface area contributed by atoms with Crippen molar-refractivity contribution in [3.05, 3.63) is 28.8 Å². The number of fused-ring (bicyclic) bond motifs is 1. The predicted octanol–water partition coefficient (Wildman–Crippen LogP) is 3.29. The van der Waals surface area contributed by atoms with E-state index >= 15 is 0 Å². The molecule has 0 saturated carbocycles. The van der Waals surface area contributed by atoms with Gasteiger partial charge in [0, 0.05) is 0 Å². The number of thiazole rings is 1. The fourth-order valence-electron chi connectivity index (χ4n) is 1.41. The lowest BCUT2D eigenvalue weighted by Crippen LogP contribution is -1.88. The fraction of sp³-hybridized carbons (Fsp3) is 0.273. The molecule has 1 aromatic heterocycles. The summed E-state index contributed by atoms with van der Waals surface area (Å²) in [6.45, 7) is 4.24. The summed E-state index contributed by atoms with van der Waals surface area (Å²) in [4.78, 5) is 4.24. The molecule has 0 spiro atoms. The molecule has 0 saturated heterocycles. The van der Waals surface area contributed by atoms with E-state index in [4.69, 9.17) is 5.26 Å².